The first-order valence-electron chi connectivity index (χ1n) is 14.8. The molecule has 0 radical (unpaired) electrons. The van der Waals surface area contributed by atoms with E-state index in [-0.39, 0.29) is 11.8 Å². The summed E-state index contributed by atoms with van der Waals surface area (Å²) in [5.74, 6) is 0.321. The fourth-order valence-electron chi connectivity index (χ4n) is 5.06. The van der Waals surface area contributed by atoms with E-state index in [1.54, 1.807) is 61.5 Å². The summed E-state index contributed by atoms with van der Waals surface area (Å²) in [4.78, 5) is 26.1. The van der Waals surface area contributed by atoms with E-state index in [9.17, 15) is 9.59 Å². The van der Waals surface area contributed by atoms with Crippen LogP contribution < -0.4 is 20.3 Å². The first-order chi connectivity index (χ1) is 22.8. The van der Waals surface area contributed by atoms with Crippen LogP contribution in [0.1, 0.15) is 47.9 Å². The zero-order valence-corrected chi connectivity index (χ0v) is 29.4. The Bertz CT molecular complexity index is 1850. The van der Waals surface area contributed by atoms with Gasteiger partial charge in [0, 0.05) is 11.1 Å². The van der Waals surface area contributed by atoms with E-state index >= 15 is 0 Å². The van der Waals surface area contributed by atoms with Crippen molar-refractivity contribution in [3.63, 3.8) is 0 Å². The minimum Gasteiger partial charge on any atom is -0.497 e. The number of methoxy groups -OCH3 is 2. The Labute approximate surface area is 287 Å². The van der Waals surface area contributed by atoms with Crippen LogP contribution in [0.25, 0.3) is 21.5 Å². The van der Waals surface area contributed by atoms with Crippen molar-refractivity contribution in [1.29, 1.82) is 0 Å². The molecule has 11 heteroatoms. The molecule has 0 saturated carbocycles. The van der Waals surface area contributed by atoms with Gasteiger partial charge in [0.15, 0.2) is 0 Å². The first-order valence-corrected chi connectivity index (χ1v) is 18.1. The molecule has 0 spiro atoms. The molecule has 5 rings (SSSR count). The lowest BCUT2D eigenvalue weighted by atomic mass is 9.97. The lowest BCUT2D eigenvalue weighted by Gasteiger charge is -2.12. The number of nitrogens with zero attached hydrogens (tertiary/aromatic N) is 2. The second-order valence-corrected chi connectivity index (χ2v) is 13.9. The van der Waals surface area contributed by atoms with Gasteiger partial charge in [0.2, 0.25) is 11.8 Å². The monoisotopic (exact) mass is 684 g/mol. The number of nitrogens with one attached hydrogen (secondary N) is 2. The van der Waals surface area contributed by atoms with Gasteiger partial charge in [0.25, 0.3) is 0 Å². The largest absolute Gasteiger partial charge is 0.497 e. The van der Waals surface area contributed by atoms with Crippen LogP contribution in [0.4, 0.5) is 0 Å². The molecule has 1 heterocycles. The molecule has 4 aromatic carbocycles. The molecule has 242 valence electrons. The highest BCUT2D eigenvalue weighted by molar-refractivity contribution is 8.02. The Hall–Kier alpha value is -4.32. The predicted octanol–water partition coefficient (Wildman–Crippen LogP) is 8.02. The van der Waals surface area contributed by atoms with Gasteiger partial charge in [-0.3, -0.25) is 9.59 Å². The molecule has 0 aliphatic carbocycles. The summed E-state index contributed by atoms with van der Waals surface area (Å²) in [6, 6.07) is 23.6. The smallest absolute Gasteiger partial charge is 0.247 e. The van der Waals surface area contributed by atoms with Crippen molar-refractivity contribution in [1.82, 2.24) is 10.9 Å². The number of ether oxygens (including phenoxy) is 2. The Morgan fingerprint density at radius 1 is 0.660 bits per heavy atom. The van der Waals surface area contributed by atoms with E-state index in [4.69, 9.17) is 9.47 Å². The molecule has 0 aliphatic heterocycles. The lowest BCUT2D eigenvalue weighted by Crippen LogP contribution is -2.24. The van der Waals surface area contributed by atoms with Crippen LogP contribution in [-0.4, -0.2) is 51.0 Å². The van der Waals surface area contributed by atoms with E-state index in [2.05, 4.69) is 21.1 Å². The van der Waals surface area contributed by atoms with E-state index in [0.29, 0.717) is 0 Å². The number of amides is 2. The van der Waals surface area contributed by atoms with E-state index in [1.165, 1.54) is 0 Å². The second kappa shape index (κ2) is 15.5. The lowest BCUT2D eigenvalue weighted by molar-refractivity contribution is -0.122. The number of fused-ring (bicyclic) bond motifs is 2. The molecule has 0 aliphatic rings. The molecule has 1 aromatic heterocycles. The van der Waals surface area contributed by atoms with Crippen LogP contribution in [0.2, 0.25) is 0 Å². The summed E-state index contributed by atoms with van der Waals surface area (Å²) in [7, 11) is 3.28. The molecular formula is C36H36N4O4S3. The normalized spacial score (nSPS) is 12.9. The average Bonchev–Trinajstić information content (AvgIpc) is 3.45. The van der Waals surface area contributed by atoms with Crippen LogP contribution in [0.15, 0.2) is 91.4 Å². The highest BCUT2D eigenvalue weighted by Crippen LogP contribution is 2.38. The standard InChI is InChI=1S/C36H36N4O4S3/c1-21(23-7-9-27-17-29(43-3)13-11-25(27)15-23)33(41)39-37-19-31-32(36(46-6)47-35(31)45-5)20-38-40-34(42)22(2)24-8-10-28-18-30(44-4)14-12-26(28)16-24/h7-22H,1-6H3,(H,39,41)(H,40,42)/b37-19-,38-20-/t21-,22+. The zero-order valence-electron chi connectivity index (χ0n) is 27.0. The maximum Gasteiger partial charge on any atom is 0.247 e. The zero-order chi connectivity index (χ0) is 33.5. The molecule has 47 heavy (non-hydrogen) atoms. The van der Waals surface area contributed by atoms with E-state index in [0.717, 1.165) is 63.7 Å². The van der Waals surface area contributed by atoms with Gasteiger partial charge in [0.1, 0.15) is 11.5 Å². The quantitative estimate of drug-likeness (QED) is 0.0784. The van der Waals surface area contributed by atoms with Crippen molar-refractivity contribution < 1.29 is 19.1 Å². The van der Waals surface area contributed by atoms with Crippen molar-refractivity contribution in [2.45, 2.75) is 34.1 Å². The summed E-state index contributed by atoms with van der Waals surface area (Å²) in [6.45, 7) is 3.71. The summed E-state index contributed by atoms with van der Waals surface area (Å²) in [6.07, 6.45) is 7.28. The third-order valence-electron chi connectivity index (χ3n) is 7.95. The molecule has 0 bridgehead atoms. The molecule has 5 aromatic rings. The number of thioether (sulfide) groups is 2. The summed E-state index contributed by atoms with van der Waals surface area (Å²) >= 11 is 4.80. The van der Waals surface area contributed by atoms with Gasteiger partial charge in [-0.1, -0.05) is 48.5 Å². The van der Waals surface area contributed by atoms with Crippen LogP contribution in [0, 0.1) is 0 Å². The fraction of sp³-hybridized carbons (Fsp3) is 0.222. The third kappa shape index (κ3) is 7.81. The number of benzene rings is 4. The second-order valence-electron chi connectivity index (χ2n) is 10.8. The highest BCUT2D eigenvalue weighted by Gasteiger charge is 2.19. The Morgan fingerprint density at radius 2 is 1.04 bits per heavy atom. The molecular weight excluding hydrogens is 649 g/mol. The molecule has 0 fully saturated rings. The van der Waals surface area contributed by atoms with Crippen molar-refractivity contribution in [2.75, 3.05) is 26.7 Å². The summed E-state index contributed by atoms with van der Waals surface area (Å²) in [5, 5.41) is 12.8. The van der Waals surface area contributed by atoms with Gasteiger partial charge in [0.05, 0.1) is 46.9 Å². The predicted molar refractivity (Wildman–Crippen MR) is 197 cm³/mol. The number of hydrogen-bond acceptors (Lipinski definition) is 9. The van der Waals surface area contributed by atoms with Crippen LogP contribution >= 0.6 is 34.9 Å². The fourth-order valence-corrected chi connectivity index (χ4v) is 7.86. The highest BCUT2D eigenvalue weighted by atomic mass is 32.2. The van der Waals surface area contributed by atoms with Crippen molar-refractivity contribution in [3.8, 4) is 11.5 Å². The van der Waals surface area contributed by atoms with Crippen molar-refractivity contribution >= 4 is 80.6 Å². The number of hydrogen-bond donors (Lipinski definition) is 2. The first kappa shape index (κ1) is 34.0. The molecule has 2 atom stereocenters. The average molecular weight is 685 g/mol. The molecule has 2 amide bonds. The minimum atomic E-state index is -0.411. The number of thiophene rings is 1. The molecule has 0 saturated heterocycles. The van der Waals surface area contributed by atoms with Crippen LogP contribution in [0.3, 0.4) is 0 Å². The van der Waals surface area contributed by atoms with Gasteiger partial charge in [-0.2, -0.15) is 10.2 Å². The third-order valence-corrected chi connectivity index (χ3v) is 11.4. The Balaban J connectivity index is 1.27. The van der Waals surface area contributed by atoms with Gasteiger partial charge >= 0.3 is 0 Å². The molecule has 8 nitrogen and oxygen atoms in total. The maximum atomic E-state index is 13.1. The topological polar surface area (TPSA) is 101 Å². The number of carbonyl (C=O) groups excluding carboxylic acids is 2. The SMILES string of the molecule is COc1ccc2cc([C@H](C)C(=O)N/N=C\c3c(SC)sc(SC)c3/C=N\NC(=O)[C@H](C)c3ccc4cc(OC)ccc4c3)ccc2c1. The van der Waals surface area contributed by atoms with Crippen LogP contribution in [-0.2, 0) is 9.59 Å². The number of hydrazone groups is 2. The Morgan fingerprint density at radius 3 is 1.43 bits per heavy atom. The summed E-state index contributed by atoms with van der Waals surface area (Å²) < 4.78 is 12.7. The number of carbonyl (C=O) groups is 2. The summed E-state index contributed by atoms with van der Waals surface area (Å²) in [5.41, 5.74) is 8.85. The molecule has 0 unspecified atom stereocenters. The van der Waals surface area contributed by atoms with Crippen molar-refractivity contribution in [3.05, 3.63) is 95.1 Å². The van der Waals surface area contributed by atoms with Gasteiger partial charge < -0.3 is 9.47 Å². The van der Waals surface area contributed by atoms with E-state index < -0.39 is 11.8 Å². The maximum absolute atomic E-state index is 13.1. The van der Waals surface area contributed by atoms with Crippen LogP contribution in [0.5, 0.6) is 11.5 Å². The van der Waals surface area contributed by atoms with Gasteiger partial charge in [-0.15, -0.1) is 34.9 Å². The van der Waals surface area contributed by atoms with E-state index in [1.807, 2.05) is 99.2 Å². The Kier molecular flexibility index (Phi) is 11.2. The molecule has 2 N–H and O–H groups in total. The van der Waals surface area contributed by atoms with Crippen molar-refractivity contribution in [2.24, 2.45) is 10.2 Å². The van der Waals surface area contributed by atoms with Gasteiger partial charge in [-0.25, -0.2) is 10.9 Å². The number of rotatable bonds is 12. The van der Waals surface area contributed by atoms with Gasteiger partial charge in [-0.05, 0) is 83.3 Å². The minimum absolute atomic E-state index is 0.218.